The molecule has 0 saturated heterocycles. The van der Waals surface area contributed by atoms with E-state index in [1.165, 1.54) is 334 Å². The molecule has 1 amide bonds. The van der Waals surface area contributed by atoms with Gasteiger partial charge in [-0.1, -0.05) is 352 Å². The van der Waals surface area contributed by atoms with E-state index in [-0.39, 0.29) is 18.5 Å². The second-order valence-electron chi connectivity index (χ2n) is 25.6. The van der Waals surface area contributed by atoms with E-state index in [1.807, 2.05) is 6.08 Å². The minimum Gasteiger partial charge on any atom is -0.466 e. The Hall–Kier alpha value is -1.92. The van der Waals surface area contributed by atoms with Crippen LogP contribution in [-0.2, 0) is 14.3 Å². The van der Waals surface area contributed by atoms with Crippen LogP contribution in [0.5, 0.6) is 0 Å². The standard InChI is InChI=1S/C76H145NO5/c1-3-5-7-9-11-13-15-17-19-21-23-24-26-29-33-36-40-44-48-52-56-60-64-68-74(79)73(72-78)77-75(80)69-65-61-57-53-49-45-41-37-34-30-27-25-28-31-35-39-43-47-51-55-59-63-67-71-82-76(81)70-66-62-58-54-50-46-42-38-32-22-20-18-16-14-12-10-8-6-4-2/h18,20,30,34,64,68,73-74,78-79H,3-17,19,21-29,31-33,35-63,65-67,69-72H2,1-2H3,(H,77,80)/b20-18-,34-30-,68-64+. The number of rotatable bonds is 70. The molecule has 6 heteroatoms. The summed E-state index contributed by atoms with van der Waals surface area (Å²) in [6, 6.07) is -0.634. The third-order valence-electron chi connectivity index (χ3n) is 17.4. The summed E-state index contributed by atoms with van der Waals surface area (Å²) < 4.78 is 5.51. The van der Waals surface area contributed by atoms with Crippen LogP contribution < -0.4 is 5.32 Å². The molecule has 3 N–H and O–H groups in total. The van der Waals surface area contributed by atoms with Gasteiger partial charge in [0.25, 0.3) is 0 Å². The monoisotopic (exact) mass is 1150 g/mol. The van der Waals surface area contributed by atoms with Gasteiger partial charge in [-0.25, -0.2) is 0 Å². The van der Waals surface area contributed by atoms with E-state index in [0.29, 0.717) is 19.4 Å². The van der Waals surface area contributed by atoms with Crippen LogP contribution >= 0.6 is 0 Å². The summed E-state index contributed by atoms with van der Waals surface area (Å²) in [5.41, 5.74) is 0. The first-order chi connectivity index (χ1) is 40.5. The van der Waals surface area contributed by atoms with Crippen molar-refractivity contribution in [2.75, 3.05) is 13.2 Å². The fourth-order valence-electron chi connectivity index (χ4n) is 11.7. The summed E-state index contributed by atoms with van der Waals surface area (Å²) in [4.78, 5) is 24.7. The highest BCUT2D eigenvalue weighted by molar-refractivity contribution is 5.76. The molecule has 0 saturated carbocycles. The highest BCUT2D eigenvalue weighted by Gasteiger charge is 2.18. The predicted octanol–water partition coefficient (Wildman–Crippen LogP) is 24.3. The maximum Gasteiger partial charge on any atom is 0.305 e. The minimum atomic E-state index is -0.850. The number of carbonyl (C=O) groups excluding carboxylic acids is 2. The Kier molecular flexibility index (Phi) is 69.9. The summed E-state index contributed by atoms with van der Waals surface area (Å²) >= 11 is 0. The molecule has 0 fully saturated rings. The van der Waals surface area contributed by atoms with Crippen molar-refractivity contribution in [3.8, 4) is 0 Å². The molecule has 0 heterocycles. The minimum absolute atomic E-state index is 0.0114. The van der Waals surface area contributed by atoms with E-state index in [9.17, 15) is 19.8 Å². The van der Waals surface area contributed by atoms with Crippen LogP contribution in [0.15, 0.2) is 36.5 Å². The SMILES string of the molecule is CCCCCCCC/C=C\CCCCCCCCCCCC(=O)OCCCCCCCCCCCCCC/C=C\CCCCCCCCCC(=O)NC(CO)C(O)/C=C/CCCCCCCCCCCCCCCCCCCCCCC. The first-order valence-corrected chi connectivity index (χ1v) is 37.3. The van der Waals surface area contributed by atoms with Crippen molar-refractivity contribution in [2.24, 2.45) is 0 Å². The Balaban J connectivity index is 3.42. The van der Waals surface area contributed by atoms with E-state index in [0.717, 1.165) is 51.4 Å². The third-order valence-corrected chi connectivity index (χ3v) is 17.4. The van der Waals surface area contributed by atoms with Crippen LogP contribution in [0.2, 0.25) is 0 Å². The average Bonchev–Trinajstić information content (AvgIpc) is 3.48. The normalized spacial score (nSPS) is 12.7. The van der Waals surface area contributed by atoms with Gasteiger partial charge in [0.05, 0.1) is 25.4 Å². The molecule has 82 heavy (non-hydrogen) atoms. The van der Waals surface area contributed by atoms with Crippen molar-refractivity contribution in [3.05, 3.63) is 36.5 Å². The lowest BCUT2D eigenvalue weighted by Gasteiger charge is -2.20. The summed E-state index contributed by atoms with van der Waals surface area (Å²) in [5.74, 6) is -0.0589. The largest absolute Gasteiger partial charge is 0.466 e. The van der Waals surface area contributed by atoms with Gasteiger partial charge in [0, 0.05) is 12.8 Å². The smallest absolute Gasteiger partial charge is 0.305 e. The van der Waals surface area contributed by atoms with Crippen LogP contribution in [0.4, 0.5) is 0 Å². The number of hydrogen-bond acceptors (Lipinski definition) is 5. The van der Waals surface area contributed by atoms with Crippen LogP contribution in [0.3, 0.4) is 0 Å². The zero-order valence-electron chi connectivity index (χ0n) is 55.5. The first-order valence-electron chi connectivity index (χ1n) is 37.3. The van der Waals surface area contributed by atoms with Gasteiger partial charge in [0.1, 0.15) is 0 Å². The summed E-state index contributed by atoms with van der Waals surface area (Å²) in [5, 5.41) is 23.3. The molecule has 0 radical (unpaired) electrons. The number of aliphatic hydroxyl groups is 2. The van der Waals surface area contributed by atoms with E-state index < -0.39 is 12.1 Å². The maximum absolute atomic E-state index is 12.5. The van der Waals surface area contributed by atoms with Gasteiger partial charge in [-0.05, 0) is 83.5 Å². The van der Waals surface area contributed by atoms with Crippen LogP contribution in [-0.4, -0.2) is 47.4 Å². The van der Waals surface area contributed by atoms with Crippen molar-refractivity contribution >= 4 is 11.9 Å². The van der Waals surface area contributed by atoms with Crippen LogP contribution in [0.1, 0.15) is 412 Å². The highest BCUT2D eigenvalue weighted by atomic mass is 16.5. The van der Waals surface area contributed by atoms with Gasteiger partial charge >= 0.3 is 5.97 Å². The molecule has 0 aliphatic carbocycles. The van der Waals surface area contributed by atoms with Gasteiger partial charge in [-0.3, -0.25) is 9.59 Å². The molecule has 0 bridgehead atoms. The number of aliphatic hydroxyl groups excluding tert-OH is 2. The molecule has 0 aromatic heterocycles. The molecule has 2 atom stereocenters. The molecule has 484 valence electrons. The van der Waals surface area contributed by atoms with Gasteiger partial charge in [0.2, 0.25) is 5.91 Å². The molecule has 0 rings (SSSR count). The van der Waals surface area contributed by atoms with Crippen LogP contribution in [0, 0.1) is 0 Å². The Morgan fingerprint density at radius 2 is 0.573 bits per heavy atom. The molecule has 0 spiro atoms. The molecular formula is C76H145NO5. The van der Waals surface area contributed by atoms with E-state index >= 15 is 0 Å². The molecule has 6 nitrogen and oxygen atoms in total. The molecule has 2 unspecified atom stereocenters. The number of esters is 1. The number of ether oxygens (including phenoxy) is 1. The fourth-order valence-corrected chi connectivity index (χ4v) is 11.7. The average molecular weight is 1150 g/mol. The molecule has 0 aromatic rings. The van der Waals surface area contributed by atoms with E-state index in [1.54, 1.807) is 6.08 Å². The van der Waals surface area contributed by atoms with Gasteiger partial charge in [-0.2, -0.15) is 0 Å². The summed E-state index contributed by atoms with van der Waals surface area (Å²) in [6.45, 7) is 4.94. The van der Waals surface area contributed by atoms with Gasteiger partial charge in [0.15, 0.2) is 0 Å². The Morgan fingerprint density at radius 1 is 0.329 bits per heavy atom. The molecule has 0 aromatic carbocycles. The highest BCUT2D eigenvalue weighted by Crippen LogP contribution is 2.19. The van der Waals surface area contributed by atoms with Crippen molar-refractivity contribution in [1.29, 1.82) is 0 Å². The number of carbonyl (C=O) groups is 2. The Morgan fingerprint density at radius 3 is 0.866 bits per heavy atom. The lowest BCUT2D eigenvalue weighted by atomic mass is 10.0. The first kappa shape index (κ1) is 80.1. The summed E-state index contributed by atoms with van der Waals surface area (Å²) in [6.07, 6.45) is 92.3. The second kappa shape index (κ2) is 71.6. The quantitative estimate of drug-likeness (QED) is 0.0320. The Labute approximate surface area is 513 Å². The van der Waals surface area contributed by atoms with Gasteiger partial charge < -0.3 is 20.3 Å². The Bertz CT molecular complexity index is 1330. The second-order valence-corrected chi connectivity index (χ2v) is 25.6. The lowest BCUT2D eigenvalue weighted by Crippen LogP contribution is -2.45. The van der Waals surface area contributed by atoms with Gasteiger partial charge in [-0.15, -0.1) is 0 Å². The van der Waals surface area contributed by atoms with Crippen molar-refractivity contribution in [1.82, 2.24) is 5.32 Å². The van der Waals surface area contributed by atoms with Crippen molar-refractivity contribution < 1.29 is 24.5 Å². The van der Waals surface area contributed by atoms with Crippen molar-refractivity contribution in [3.63, 3.8) is 0 Å². The fraction of sp³-hybridized carbons (Fsp3) is 0.895. The van der Waals surface area contributed by atoms with Crippen LogP contribution in [0.25, 0.3) is 0 Å². The molecular weight excluding hydrogens is 1010 g/mol. The molecule has 0 aliphatic heterocycles. The number of hydrogen-bond donors (Lipinski definition) is 3. The maximum atomic E-state index is 12.5. The van der Waals surface area contributed by atoms with Crippen molar-refractivity contribution in [2.45, 2.75) is 424 Å². The molecule has 0 aliphatic rings. The topological polar surface area (TPSA) is 95.9 Å². The number of allylic oxidation sites excluding steroid dienone is 5. The summed E-state index contributed by atoms with van der Waals surface area (Å²) in [7, 11) is 0. The zero-order valence-corrected chi connectivity index (χ0v) is 55.5. The third kappa shape index (κ3) is 67.2. The number of unbranched alkanes of at least 4 members (excludes halogenated alkanes) is 55. The van der Waals surface area contributed by atoms with E-state index in [2.05, 4.69) is 43.5 Å². The van der Waals surface area contributed by atoms with E-state index in [4.69, 9.17) is 4.74 Å². The number of nitrogens with one attached hydrogen (secondary N) is 1. The number of amides is 1. The predicted molar refractivity (Wildman–Crippen MR) is 361 cm³/mol. The zero-order chi connectivity index (χ0) is 59.2. The lowest BCUT2D eigenvalue weighted by molar-refractivity contribution is -0.143.